The molecule has 1 aliphatic rings. The molecule has 1 aromatic carbocycles. The molecule has 4 heteroatoms. The average molecular weight is 380 g/mol. The van der Waals surface area contributed by atoms with Crippen LogP contribution in [0.3, 0.4) is 0 Å². The first-order valence-electron chi connectivity index (χ1n) is 9.90. The Morgan fingerprint density at radius 3 is 2.08 bits per heavy atom. The third kappa shape index (κ3) is 8.70. The lowest BCUT2D eigenvalue weighted by Gasteiger charge is -2.41. The van der Waals surface area contributed by atoms with Crippen molar-refractivity contribution in [3.05, 3.63) is 29.8 Å². The third-order valence-corrected chi connectivity index (χ3v) is 5.46. The summed E-state index contributed by atoms with van der Waals surface area (Å²) in [5.41, 5.74) is 1.63. The van der Waals surface area contributed by atoms with Crippen LogP contribution in [0, 0.1) is 0 Å². The van der Waals surface area contributed by atoms with E-state index in [2.05, 4.69) is 49.3 Å². The second-order valence-electron chi connectivity index (χ2n) is 7.48. The van der Waals surface area contributed by atoms with Crippen LogP contribution in [-0.4, -0.2) is 48.8 Å². The summed E-state index contributed by atoms with van der Waals surface area (Å²) in [5.74, 6) is 0.412. The molecule has 1 fully saturated rings. The van der Waals surface area contributed by atoms with Crippen LogP contribution in [0.2, 0.25) is 0 Å². The maximum atomic E-state index is 10.6. The number of hydrogen-bond donors (Lipinski definition) is 0. The zero-order valence-corrected chi connectivity index (χ0v) is 18.2. The number of rotatable bonds is 8. The maximum Gasteiger partial charge on any atom is 0.132 e. The second kappa shape index (κ2) is 12.5. The van der Waals surface area contributed by atoms with Gasteiger partial charge in [-0.25, -0.2) is 0 Å². The summed E-state index contributed by atoms with van der Waals surface area (Å²) in [6.07, 6.45) is 6.76. The first kappa shape index (κ1) is 23.2. The predicted octanol–water partition coefficient (Wildman–Crippen LogP) is 5.22. The van der Waals surface area contributed by atoms with E-state index < -0.39 is 0 Å². The summed E-state index contributed by atoms with van der Waals surface area (Å²) < 4.78 is 5.43. The van der Waals surface area contributed by atoms with E-state index in [4.69, 9.17) is 4.74 Å². The van der Waals surface area contributed by atoms with Crippen molar-refractivity contribution < 1.29 is 9.53 Å². The number of nitrogens with zero attached hydrogens (tertiary/aromatic N) is 1. The van der Waals surface area contributed by atoms with Gasteiger partial charge in [0, 0.05) is 36.4 Å². The summed E-state index contributed by atoms with van der Waals surface area (Å²) in [6, 6.07) is 8.95. The van der Waals surface area contributed by atoms with Crippen molar-refractivity contribution in [3.63, 3.8) is 0 Å². The standard InChI is InChI=1S/C15H23NOS.C7H14O/c1-15(2,16-8-10-17-11-9-16)12-13-4-6-14(18-3)7-5-13;1-3-5-7(8)6-4-2/h4-7H,8-12H2,1-3H3;3-6H2,1-2H3. The lowest BCUT2D eigenvalue weighted by molar-refractivity contribution is -0.119. The summed E-state index contributed by atoms with van der Waals surface area (Å²) in [5, 5.41) is 0. The molecule has 0 aliphatic carbocycles. The first-order chi connectivity index (χ1) is 12.4. The maximum absolute atomic E-state index is 10.6. The molecule has 0 aromatic heterocycles. The number of carbonyl (C=O) groups excluding carboxylic acids is 1. The van der Waals surface area contributed by atoms with Gasteiger partial charge in [0.05, 0.1) is 13.2 Å². The number of ether oxygens (including phenoxy) is 1. The van der Waals surface area contributed by atoms with Gasteiger partial charge in [0.25, 0.3) is 0 Å². The quantitative estimate of drug-likeness (QED) is 0.579. The highest BCUT2D eigenvalue weighted by Gasteiger charge is 2.28. The fourth-order valence-electron chi connectivity index (χ4n) is 3.21. The zero-order valence-electron chi connectivity index (χ0n) is 17.3. The number of Topliss-reactive ketones (excluding diaryl/α,β-unsaturated/α-hetero) is 1. The van der Waals surface area contributed by atoms with Gasteiger partial charge in [-0.2, -0.15) is 0 Å². The van der Waals surface area contributed by atoms with E-state index in [-0.39, 0.29) is 5.54 Å². The van der Waals surface area contributed by atoms with Gasteiger partial charge < -0.3 is 4.74 Å². The summed E-state index contributed by atoms with van der Waals surface area (Å²) in [7, 11) is 0. The van der Waals surface area contributed by atoms with E-state index >= 15 is 0 Å². The van der Waals surface area contributed by atoms with E-state index in [0.717, 1.165) is 58.4 Å². The lowest BCUT2D eigenvalue weighted by atomic mass is 9.92. The van der Waals surface area contributed by atoms with Gasteiger partial charge in [0.15, 0.2) is 0 Å². The van der Waals surface area contributed by atoms with Crippen LogP contribution in [0.1, 0.15) is 58.9 Å². The molecule has 1 aliphatic heterocycles. The Morgan fingerprint density at radius 1 is 1.08 bits per heavy atom. The lowest BCUT2D eigenvalue weighted by Crippen LogP contribution is -2.51. The molecule has 148 valence electrons. The highest BCUT2D eigenvalue weighted by Crippen LogP contribution is 2.23. The fourth-order valence-corrected chi connectivity index (χ4v) is 3.61. The zero-order chi connectivity index (χ0) is 19.4. The number of hydrogen-bond acceptors (Lipinski definition) is 4. The molecule has 0 unspecified atom stereocenters. The van der Waals surface area contributed by atoms with Crippen LogP contribution in [0.4, 0.5) is 0 Å². The Morgan fingerprint density at radius 2 is 1.62 bits per heavy atom. The summed E-state index contributed by atoms with van der Waals surface area (Å²) >= 11 is 1.80. The summed E-state index contributed by atoms with van der Waals surface area (Å²) in [6.45, 7) is 12.6. The first-order valence-corrected chi connectivity index (χ1v) is 11.1. The van der Waals surface area contributed by atoms with Crippen molar-refractivity contribution in [2.75, 3.05) is 32.6 Å². The molecule has 1 heterocycles. The number of benzene rings is 1. The smallest absolute Gasteiger partial charge is 0.132 e. The molecule has 26 heavy (non-hydrogen) atoms. The minimum Gasteiger partial charge on any atom is -0.379 e. The Balaban J connectivity index is 0.000000359. The number of morpholine rings is 1. The van der Waals surface area contributed by atoms with Gasteiger partial charge >= 0.3 is 0 Å². The molecule has 1 aromatic rings. The molecular formula is C22H37NO2S. The van der Waals surface area contributed by atoms with Crippen molar-refractivity contribution in [3.8, 4) is 0 Å². The third-order valence-electron chi connectivity index (χ3n) is 4.72. The largest absolute Gasteiger partial charge is 0.379 e. The van der Waals surface area contributed by atoms with Gasteiger partial charge in [-0.1, -0.05) is 26.0 Å². The number of carbonyl (C=O) groups is 1. The van der Waals surface area contributed by atoms with Gasteiger partial charge in [-0.3, -0.25) is 9.69 Å². The van der Waals surface area contributed by atoms with Crippen LogP contribution < -0.4 is 0 Å². The van der Waals surface area contributed by atoms with E-state index in [1.54, 1.807) is 11.8 Å². The minimum absolute atomic E-state index is 0.213. The molecule has 0 N–H and O–H groups in total. The van der Waals surface area contributed by atoms with E-state index in [0.29, 0.717) is 5.78 Å². The minimum atomic E-state index is 0.213. The van der Waals surface area contributed by atoms with E-state index in [1.807, 2.05) is 13.8 Å². The average Bonchev–Trinajstić information content (AvgIpc) is 2.64. The molecule has 0 bridgehead atoms. The van der Waals surface area contributed by atoms with Gasteiger partial charge in [0.2, 0.25) is 0 Å². The molecule has 3 nitrogen and oxygen atoms in total. The topological polar surface area (TPSA) is 29.5 Å². The number of thioether (sulfide) groups is 1. The number of ketones is 1. The van der Waals surface area contributed by atoms with Crippen molar-refractivity contribution >= 4 is 17.5 Å². The highest BCUT2D eigenvalue weighted by molar-refractivity contribution is 7.98. The Kier molecular flexibility index (Phi) is 11.2. The Labute approximate surface area is 164 Å². The van der Waals surface area contributed by atoms with E-state index in [9.17, 15) is 4.79 Å². The molecule has 0 saturated carbocycles. The molecule has 0 amide bonds. The normalized spacial score (nSPS) is 15.3. The molecule has 0 spiro atoms. The fraction of sp³-hybridized carbons (Fsp3) is 0.682. The van der Waals surface area contributed by atoms with Crippen LogP contribution in [0.5, 0.6) is 0 Å². The molecule has 2 rings (SSSR count). The van der Waals surface area contributed by atoms with Gasteiger partial charge in [0.1, 0.15) is 5.78 Å². The molecular weight excluding hydrogens is 342 g/mol. The van der Waals surface area contributed by atoms with Crippen molar-refractivity contribution in [1.82, 2.24) is 4.90 Å². The van der Waals surface area contributed by atoms with Crippen molar-refractivity contribution in [2.24, 2.45) is 0 Å². The van der Waals surface area contributed by atoms with Crippen molar-refractivity contribution in [2.45, 2.75) is 70.2 Å². The van der Waals surface area contributed by atoms with Gasteiger partial charge in [-0.05, 0) is 57.1 Å². The van der Waals surface area contributed by atoms with Crippen LogP contribution in [0.15, 0.2) is 29.2 Å². The SMILES string of the molecule is CCCC(=O)CCC.CSc1ccc(CC(C)(C)N2CCOCC2)cc1. The predicted molar refractivity (Wildman–Crippen MR) is 113 cm³/mol. The molecule has 0 atom stereocenters. The Bertz CT molecular complexity index is 499. The second-order valence-corrected chi connectivity index (χ2v) is 8.36. The molecule has 0 radical (unpaired) electrons. The highest BCUT2D eigenvalue weighted by atomic mass is 32.2. The Hall–Kier alpha value is -0.840. The summed E-state index contributed by atoms with van der Waals surface area (Å²) in [4.78, 5) is 14.5. The van der Waals surface area contributed by atoms with Crippen LogP contribution >= 0.6 is 11.8 Å². The van der Waals surface area contributed by atoms with Crippen LogP contribution in [0.25, 0.3) is 0 Å². The van der Waals surface area contributed by atoms with Crippen molar-refractivity contribution in [1.29, 1.82) is 0 Å². The van der Waals surface area contributed by atoms with Gasteiger partial charge in [-0.15, -0.1) is 11.8 Å². The van der Waals surface area contributed by atoms with E-state index in [1.165, 1.54) is 10.5 Å². The van der Waals surface area contributed by atoms with Crippen LogP contribution in [-0.2, 0) is 16.0 Å². The molecule has 1 saturated heterocycles. The monoisotopic (exact) mass is 379 g/mol.